The molecule has 0 aliphatic carbocycles. The minimum atomic E-state index is 0.375. The molecule has 0 bridgehead atoms. The summed E-state index contributed by atoms with van der Waals surface area (Å²) < 4.78 is 6.35. The molecule has 19 heavy (non-hydrogen) atoms. The highest BCUT2D eigenvalue weighted by atomic mass is 79.9. The van der Waals surface area contributed by atoms with E-state index in [1.54, 1.807) is 24.5 Å². The van der Waals surface area contributed by atoms with Gasteiger partial charge in [0, 0.05) is 18.0 Å². The third-order valence-electron chi connectivity index (χ3n) is 2.33. The number of oxime groups is 1. The van der Waals surface area contributed by atoms with Crippen molar-refractivity contribution in [1.82, 2.24) is 4.98 Å². The number of pyridine rings is 1. The summed E-state index contributed by atoms with van der Waals surface area (Å²) in [4.78, 5) is 4.01. The van der Waals surface area contributed by atoms with Crippen LogP contribution in [0.15, 0.2) is 46.3 Å². The molecule has 0 aliphatic heterocycles. The van der Waals surface area contributed by atoms with E-state index in [-0.39, 0.29) is 0 Å². The molecule has 0 atom stereocenters. The monoisotopic (exact) mass is 340 g/mol. The minimum Gasteiger partial charge on any atom is -0.486 e. The molecule has 98 valence electrons. The van der Waals surface area contributed by atoms with Crippen molar-refractivity contribution >= 4 is 33.7 Å². The Morgan fingerprint density at radius 3 is 2.95 bits per heavy atom. The fourth-order valence-corrected chi connectivity index (χ4v) is 2.49. The van der Waals surface area contributed by atoms with Gasteiger partial charge in [-0.3, -0.25) is 4.98 Å². The van der Waals surface area contributed by atoms with Crippen molar-refractivity contribution in [3.8, 4) is 5.75 Å². The second-order valence-corrected chi connectivity index (χ2v) is 4.97. The zero-order valence-corrected chi connectivity index (χ0v) is 12.1. The molecular formula is C13H10BrClN2O2. The van der Waals surface area contributed by atoms with E-state index < -0.39 is 0 Å². The fraction of sp³-hybridized carbons (Fsp3) is 0.0769. The Morgan fingerprint density at radius 1 is 1.47 bits per heavy atom. The molecular weight excluding hydrogens is 332 g/mol. The quantitative estimate of drug-likeness (QED) is 0.521. The highest BCUT2D eigenvalue weighted by Gasteiger charge is 2.09. The van der Waals surface area contributed by atoms with Crippen LogP contribution in [0.25, 0.3) is 0 Å². The zero-order chi connectivity index (χ0) is 13.7. The molecule has 6 heteroatoms. The molecule has 0 unspecified atom stereocenters. The van der Waals surface area contributed by atoms with Crippen LogP contribution in [0.4, 0.5) is 0 Å². The number of benzene rings is 1. The van der Waals surface area contributed by atoms with Gasteiger partial charge >= 0.3 is 0 Å². The predicted molar refractivity (Wildman–Crippen MR) is 77.1 cm³/mol. The Kier molecular flexibility index (Phi) is 4.76. The van der Waals surface area contributed by atoms with Crippen LogP contribution in [0.3, 0.4) is 0 Å². The average molecular weight is 342 g/mol. The molecule has 1 aromatic heterocycles. The van der Waals surface area contributed by atoms with Gasteiger partial charge in [0.05, 0.1) is 15.7 Å². The van der Waals surface area contributed by atoms with Crippen LogP contribution in [0.1, 0.15) is 11.1 Å². The fourth-order valence-electron chi connectivity index (χ4n) is 1.50. The van der Waals surface area contributed by atoms with Crippen molar-refractivity contribution in [2.24, 2.45) is 5.16 Å². The molecule has 2 rings (SSSR count). The van der Waals surface area contributed by atoms with Crippen LogP contribution in [0.5, 0.6) is 5.75 Å². The van der Waals surface area contributed by atoms with E-state index in [1.165, 1.54) is 6.21 Å². The number of aromatic nitrogens is 1. The van der Waals surface area contributed by atoms with Gasteiger partial charge < -0.3 is 9.94 Å². The Labute approximate surface area is 123 Å². The molecule has 1 aromatic carbocycles. The minimum absolute atomic E-state index is 0.375. The maximum Gasteiger partial charge on any atom is 0.152 e. The van der Waals surface area contributed by atoms with Crippen LogP contribution in [-0.4, -0.2) is 16.4 Å². The lowest BCUT2D eigenvalue weighted by Crippen LogP contribution is -1.98. The number of nitrogens with zero attached hydrogens (tertiary/aromatic N) is 2. The summed E-state index contributed by atoms with van der Waals surface area (Å²) in [6.45, 7) is 0.375. The summed E-state index contributed by atoms with van der Waals surface area (Å²) in [7, 11) is 0. The van der Waals surface area contributed by atoms with Crippen LogP contribution < -0.4 is 4.74 Å². The summed E-state index contributed by atoms with van der Waals surface area (Å²) in [6.07, 6.45) is 4.73. The number of ether oxygens (including phenoxy) is 1. The SMILES string of the molecule is O/N=C\c1cc(Cl)c(OCc2cccnc2)c(Br)c1. The lowest BCUT2D eigenvalue weighted by atomic mass is 10.2. The molecule has 0 fully saturated rings. The van der Waals surface area contributed by atoms with Crippen LogP contribution >= 0.6 is 27.5 Å². The molecule has 4 nitrogen and oxygen atoms in total. The Balaban J connectivity index is 2.17. The predicted octanol–water partition coefficient (Wildman–Crippen LogP) is 3.88. The van der Waals surface area contributed by atoms with Gasteiger partial charge in [-0.05, 0) is 39.7 Å². The number of hydrogen-bond donors (Lipinski definition) is 1. The van der Waals surface area contributed by atoms with Gasteiger partial charge in [-0.25, -0.2) is 0 Å². The lowest BCUT2D eigenvalue weighted by Gasteiger charge is -2.10. The van der Waals surface area contributed by atoms with E-state index in [0.717, 1.165) is 5.56 Å². The van der Waals surface area contributed by atoms with E-state index >= 15 is 0 Å². The third kappa shape index (κ3) is 3.68. The smallest absolute Gasteiger partial charge is 0.152 e. The highest BCUT2D eigenvalue weighted by Crippen LogP contribution is 2.34. The number of halogens is 2. The van der Waals surface area contributed by atoms with Gasteiger partial charge in [0.25, 0.3) is 0 Å². The van der Waals surface area contributed by atoms with Crippen LogP contribution in [0, 0.1) is 0 Å². The molecule has 0 saturated carbocycles. The normalized spacial score (nSPS) is 10.8. The van der Waals surface area contributed by atoms with Gasteiger partial charge in [0.2, 0.25) is 0 Å². The molecule has 0 saturated heterocycles. The summed E-state index contributed by atoms with van der Waals surface area (Å²) in [5.74, 6) is 0.542. The first-order valence-corrected chi connectivity index (χ1v) is 6.56. The Morgan fingerprint density at radius 2 is 2.32 bits per heavy atom. The van der Waals surface area contributed by atoms with Gasteiger partial charge in [-0.2, -0.15) is 0 Å². The maximum atomic E-state index is 8.50. The first-order chi connectivity index (χ1) is 9.20. The average Bonchev–Trinajstić information content (AvgIpc) is 2.39. The van der Waals surface area contributed by atoms with E-state index in [0.29, 0.717) is 27.4 Å². The zero-order valence-electron chi connectivity index (χ0n) is 9.75. The van der Waals surface area contributed by atoms with E-state index in [2.05, 4.69) is 26.1 Å². The number of hydrogen-bond acceptors (Lipinski definition) is 4. The Hall–Kier alpha value is -1.59. The Bertz CT molecular complexity index is 567. The standard InChI is InChI=1S/C13H10BrClN2O2/c14-11-4-10(7-17-18)5-12(15)13(11)19-8-9-2-1-3-16-6-9/h1-7,18H,8H2/b17-7-. The van der Waals surface area contributed by atoms with Crippen molar-refractivity contribution in [3.05, 3.63) is 57.3 Å². The van der Waals surface area contributed by atoms with E-state index in [1.807, 2.05) is 12.1 Å². The number of rotatable bonds is 4. The van der Waals surface area contributed by atoms with E-state index in [9.17, 15) is 0 Å². The lowest BCUT2D eigenvalue weighted by molar-refractivity contribution is 0.304. The topological polar surface area (TPSA) is 54.7 Å². The van der Waals surface area contributed by atoms with Gasteiger partial charge in [-0.1, -0.05) is 22.8 Å². The van der Waals surface area contributed by atoms with Gasteiger partial charge in [0.15, 0.2) is 5.75 Å². The maximum absolute atomic E-state index is 8.50. The molecule has 0 spiro atoms. The van der Waals surface area contributed by atoms with Crippen molar-refractivity contribution in [2.45, 2.75) is 6.61 Å². The first kappa shape index (κ1) is 13.8. The van der Waals surface area contributed by atoms with E-state index in [4.69, 9.17) is 21.5 Å². The molecule has 1 N–H and O–H groups in total. The summed E-state index contributed by atoms with van der Waals surface area (Å²) >= 11 is 9.50. The summed E-state index contributed by atoms with van der Waals surface area (Å²) in [5.41, 5.74) is 1.62. The molecule has 0 aliphatic rings. The van der Waals surface area contributed by atoms with Gasteiger partial charge in [0.1, 0.15) is 6.61 Å². The second-order valence-electron chi connectivity index (χ2n) is 3.71. The van der Waals surface area contributed by atoms with Gasteiger partial charge in [-0.15, -0.1) is 0 Å². The molecule has 0 amide bonds. The highest BCUT2D eigenvalue weighted by molar-refractivity contribution is 9.10. The largest absolute Gasteiger partial charge is 0.486 e. The first-order valence-electron chi connectivity index (χ1n) is 5.39. The van der Waals surface area contributed by atoms with Crippen molar-refractivity contribution < 1.29 is 9.94 Å². The molecule has 0 radical (unpaired) electrons. The van der Waals surface area contributed by atoms with Crippen LogP contribution in [-0.2, 0) is 6.61 Å². The second kappa shape index (κ2) is 6.54. The third-order valence-corrected chi connectivity index (χ3v) is 3.20. The molecule has 2 aromatic rings. The summed E-state index contributed by atoms with van der Waals surface area (Å²) in [5, 5.41) is 11.9. The van der Waals surface area contributed by atoms with Crippen molar-refractivity contribution in [2.75, 3.05) is 0 Å². The van der Waals surface area contributed by atoms with Crippen molar-refractivity contribution in [1.29, 1.82) is 0 Å². The van der Waals surface area contributed by atoms with Crippen LogP contribution in [0.2, 0.25) is 5.02 Å². The molecule has 1 heterocycles. The summed E-state index contributed by atoms with van der Waals surface area (Å²) in [6, 6.07) is 7.17. The van der Waals surface area contributed by atoms with Crippen molar-refractivity contribution in [3.63, 3.8) is 0 Å².